The van der Waals surface area contributed by atoms with E-state index in [2.05, 4.69) is 15.9 Å². The molecule has 1 heterocycles. The van der Waals surface area contributed by atoms with Crippen LogP contribution in [-0.4, -0.2) is 22.6 Å². The first-order valence-electron chi connectivity index (χ1n) is 4.83. The average molecular weight is 323 g/mol. The molecule has 1 aliphatic rings. The molecule has 0 unspecified atom stereocenters. The van der Waals surface area contributed by atoms with Gasteiger partial charge in [-0.2, -0.15) is 0 Å². The molecule has 0 aliphatic carbocycles. The molecular weight excluding hydrogens is 313 g/mol. The van der Waals surface area contributed by atoms with Crippen molar-refractivity contribution in [1.29, 1.82) is 0 Å². The summed E-state index contributed by atoms with van der Waals surface area (Å²) in [6, 6.07) is 6.96. The number of benzene rings is 1. The van der Waals surface area contributed by atoms with Gasteiger partial charge in [-0.3, -0.25) is 10.1 Å². The summed E-state index contributed by atoms with van der Waals surface area (Å²) >= 11 is 8.76. The van der Waals surface area contributed by atoms with Gasteiger partial charge < -0.3 is 9.47 Å². The third kappa shape index (κ3) is 2.77. The topological polar surface area (TPSA) is 61.6 Å². The van der Waals surface area contributed by atoms with Gasteiger partial charge in [0.05, 0.1) is 0 Å². The maximum atomic E-state index is 10.7. The summed E-state index contributed by atoms with van der Waals surface area (Å²) in [4.78, 5) is 10.3. The molecule has 1 aliphatic heterocycles. The fourth-order valence-corrected chi connectivity index (χ4v) is 1.80. The zero-order valence-corrected chi connectivity index (χ0v) is 11.0. The van der Waals surface area contributed by atoms with Gasteiger partial charge in [0, 0.05) is 31.4 Å². The summed E-state index contributed by atoms with van der Waals surface area (Å²) < 4.78 is 9.30. The van der Waals surface area contributed by atoms with E-state index in [1.165, 1.54) is 0 Å². The van der Waals surface area contributed by atoms with Gasteiger partial charge in [0.1, 0.15) is 13.2 Å². The van der Waals surface area contributed by atoms with Crippen LogP contribution >= 0.6 is 27.5 Å². The Morgan fingerprint density at radius 3 is 2.35 bits per heavy atom. The Labute approximate surface area is 111 Å². The molecule has 0 amide bonds. The quantitative estimate of drug-likeness (QED) is 0.363. The van der Waals surface area contributed by atoms with Crippen molar-refractivity contribution in [1.82, 2.24) is 0 Å². The van der Waals surface area contributed by atoms with Crippen molar-refractivity contribution >= 4 is 27.5 Å². The van der Waals surface area contributed by atoms with Gasteiger partial charge in [0.2, 0.25) is 0 Å². The molecule has 5 nitrogen and oxygen atoms in total. The molecule has 92 valence electrons. The van der Waals surface area contributed by atoms with E-state index in [0.717, 1.165) is 5.56 Å². The fourth-order valence-electron chi connectivity index (χ4n) is 1.41. The molecule has 1 fully saturated rings. The van der Waals surface area contributed by atoms with E-state index < -0.39 is 15.7 Å². The molecule has 0 spiro atoms. The number of ether oxygens (including phenoxy) is 2. The number of halogens is 2. The summed E-state index contributed by atoms with van der Waals surface area (Å²) in [6.45, 7) is -0.0966. The van der Waals surface area contributed by atoms with Crippen LogP contribution in [0.1, 0.15) is 11.9 Å². The maximum Gasteiger partial charge on any atom is 0.320 e. The monoisotopic (exact) mass is 321 g/mol. The zero-order valence-electron chi connectivity index (χ0n) is 8.64. The molecular formula is C10H9BrClNO4. The Morgan fingerprint density at radius 2 is 1.88 bits per heavy atom. The number of nitrogens with zero attached hydrogens (tertiary/aromatic N) is 1. The smallest absolute Gasteiger partial charge is 0.320 e. The van der Waals surface area contributed by atoms with Crippen LogP contribution < -0.4 is 0 Å². The van der Waals surface area contributed by atoms with E-state index in [-0.39, 0.29) is 13.2 Å². The van der Waals surface area contributed by atoms with E-state index in [9.17, 15) is 10.1 Å². The van der Waals surface area contributed by atoms with Gasteiger partial charge in [0.15, 0.2) is 6.29 Å². The highest BCUT2D eigenvalue weighted by Crippen LogP contribution is 2.32. The van der Waals surface area contributed by atoms with Crippen LogP contribution in [0.15, 0.2) is 24.3 Å². The molecule has 1 aromatic rings. The summed E-state index contributed by atoms with van der Waals surface area (Å²) in [7, 11) is 0. The lowest BCUT2D eigenvalue weighted by Gasteiger charge is -2.30. The van der Waals surface area contributed by atoms with Gasteiger partial charge >= 0.3 is 4.45 Å². The number of hydrogen-bond donors (Lipinski definition) is 0. The molecule has 17 heavy (non-hydrogen) atoms. The molecule has 1 aromatic carbocycles. The van der Waals surface area contributed by atoms with Crippen molar-refractivity contribution in [3.05, 3.63) is 45.0 Å². The van der Waals surface area contributed by atoms with E-state index in [0.29, 0.717) is 5.02 Å². The van der Waals surface area contributed by atoms with E-state index >= 15 is 0 Å². The summed E-state index contributed by atoms with van der Waals surface area (Å²) in [5.74, 6) is 0. The maximum absolute atomic E-state index is 10.7. The largest absolute Gasteiger partial charge is 0.340 e. The molecule has 7 heteroatoms. The predicted molar refractivity (Wildman–Crippen MR) is 64.7 cm³/mol. The molecule has 0 aromatic heterocycles. The minimum absolute atomic E-state index is 0.0483. The van der Waals surface area contributed by atoms with Crippen molar-refractivity contribution in [2.24, 2.45) is 0 Å². The lowest BCUT2D eigenvalue weighted by atomic mass is 10.2. The zero-order chi connectivity index (χ0) is 12.5. The SMILES string of the molecule is O=[N+]([O-])C1(Br)COC(c2ccc(Cl)cc2)OC1. The molecule has 0 N–H and O–H groups in total. The van der Waals surface area contributed by atoms with Crippen LogP contribution in [0, 0.1) is 10.1 Å². The van der Waals surface area contributed by atoms with Crippen LogP contribution in [0.25, 0.3) is 0 Å². The minimum Gasteiger partial charge on any atom is -0.340 e. The number of alkyl halides is 1. The van der Waals surface area contributed by atoms with Crippen LogP contribution in [0.3, 0.4) is 0 Å². The van der Waals surface area contributed by atoms with E-state index in [4.69, 9.17) is 21.1 Å². The number of hydrogen-bond acceptors (Lipinski definition) is 4. The molecule has 0 bridgehead atoms. The van der Waals surface area contributed by atoms with Crippen LogP contribution in [0.4, 0.5) is 0 Å². The molecule has 0 atom stereocenters. The van der Waals surface area contributed by atoms with Gasteiger partial charge in [-0.15, -0.1) is 0 Å². The average Bonchev–Trinajstić information content (AvgIpc) is 2.31. The van der Waals surface area contributed by atoms with Crippen LogP contribution in [0.5, 0.6) is 0 Å². The lowest BCUT2D eigenvalue weighted by molar-refractivity contribution is -0.557. The normalized spacial score (nSPS) is 28.9. The predicted octanol–water partition coefficient (Wildman–Crippen LogP) is 2.75. The standard InChI is InChI=1S/C10H9BrClNO4/c11-10(13(14)15)5-16-9(17-6-10)7-1-3-8(12)4-2-7/h1-4,9H,5-6H2. The first-order valence-corrected chi connectivity index (χ1v) is 6.00. The van der Waals surface area contributed by atoms with E-state index in [1.54, 1.807) is 24.3 Å². The van der Waals surface area contributed by atoms with Gasteiger partial charge in [0.25, 0.3) is 0 Å². The van der Waals surface area contributed by atoms with E-state index in [1.807, 2.05) is 0 Å². The van der Waals surface area contributed by atoms with Gasteiger partial charge in [-0.05, 0) is 12.1 Å². The van der Waals surface area contributed by atoms with Crippen LogP contribution in [0.2, 0.25) is 5.02 Å². The first-order chi connectivity index (χ1) is 8.01. The number of nitro groups is 1. The second-order valence-corrected chi connectivity index (χ2v) is 5.59. The highest BCUT2D eigenvalue weighted by Gasteiger charge is 2.45. The molecule has 1 saturated heterocycles. The van der Waals surface area contributed by atoms with Crippen molar-refractivity contribution < 1.29 is 14.4 Å². The van der Waals surface area contributed by atoms with Crippen molar-refractivity contribution in [2.45, 2.75) is 10.7 Å². The Bertz CT molecular complexity index is 417. The van der Waals surface area contributed by atoms with Gasteiger partial charge in [-0.1, -0.05) is 23.7 Å². The second-order valence-electron chi connectivity index (χ2n) is 3.68. The fraction of sp³-hybridized carbons (Fsp3) is 0.400. The van der Waals surface area contributed by atoms with Crippen molar-refractivity contribution in [3.63, 3.8) is 0 Å². The lowest BCUT2D eigenvalue weighted by Crippen LogP contribution is -2.46. The Balaban J connectivity index is 2.04. The highest BCUT2D eigenvalue weighted by molar-refractivity contribution is 9.10. The summed E-state index contributed by atoms with van der Waals surface area (Å²) in [6.07, 6.45) is -0.585. The Hall–Kier alpha value is -0.690. The summed E-state index contributed by atoms with van der Waals surface area (Å²) in [5, 5.41) is 11.4. The number of rotatable bonds is 2. The first kappa shape index (κ1) is 12.8. The summed E-state index contributed by atoms with van der Waals surface area (Å²) in [5.41, 5.74) is 0.785. The van der Waals surface area contributed by atoms with Gasteiger partial charge in [-0.25, -0.2) is 0 Å². The Kier molecular flexibility index (Phi) is 3.67. The van der Waals surface area contributed by atoms with Crippen LogP contribution in [-0.2, 0) is 9.47 Å². The van der Waals surface area contributed by atoms with Crippen molar-refractivity contribution in [3.8, 4) is 0 Å². The third-order valence-corrected chi connectivity index (χ3v) is 3.38. The third-order valence-electron chi connectivity index (χ3n) is 2.38. The Morgan fingerprint density at radius 1 is 1.35 bits per heavy atom. The molecule has 0 saturated carbocycles. The highest BCUT2D eigenvalue weighted by atomic mass is 79.9. The second kappa shape index (κ2) is 4.89. The minimum atomic E-state index is -1.35. The molecule has 2 rings (SSSR count). The molecule has 0 radical (unpaired) electrons. The van der Waals surface area contributed by atoms with Crippen molar-refractivity contribution in [2.75, 3.05) is 13.2 Å².